The van der Waals surface area contributed by atoms with Crippen LogP contribution < -0.4 is 0 Å². The van der Waals surface area contributed by atoms with Gasteiger partial charge in [-0.1, -0.05) is 35.3 Å². The summed E-state index contributed by atoms with van der Waals surface area (Å²) in [7, 11) is 0. The number of fused-ring (bicyclic) bond motifs is 3. The minimum Gasteiger partial charge on any atom is -0.394 e. The summed E-state index contributed by atoms with van der Waals surface area (Å²) in [6, 6.07) is 14.0. The van der Waals surface area contributed by atoms with E-state index in [2.05, 4.69) is 6.07 Å². The van der Waals surface area contributed by atoms with E-state index < -0.39 is 0 Å². The molecule has 2 aliphatic heterocycles. The monoisotopic (exact) mass is 378 g/mol. The molecule has 24 heavy (non-hydrogen) atoms. The number of rotatable bonds is 3. The summed E-state index contributed by atoms with van der Waals surface area (Å²) in [5.41, 5.74) is 3.35. The maximum absolute atomic E-state index is 9.45. The highest BCUT2D eigenvalue weighted by molar-refractivity contribution is 7.99. The van der Waals surface area contributed by atoms with Crippen LogP contribution >= 0.6 is 35.0 Å². The number of benzene rings is 2. The van der Waals surface area contributed by atoms with Gasteiger partial charge in [-0.2, -0.15) is 5.10 Å². The summed E-state index contributed by atoms with van der Waals surface area (Å²) < 4.78 is 0. The Kier molecular flexibility index (Phi) is 4.48. The van der Waals surface area contributed by atoms with Crippen molar-refractivity contribution in [2.45, 2.75) is 10.9 Å². The molecule has 3 nitrogen and oxygen atoms in total. The average molecular weight is 379 g/mol. The topological polar surface area (TPSA) is 35.8 Å². The Morgan fingerprint density at radius 1 is 1.12 bits per heavy atom. The Bertz CT molecular complexity index is 794. The largest absolute Gasteiger partial charge is 0.394 e. The second-order valence-corrected chi connectivity index (χ2v) is 7.86. The molecule has 2 atom stereocenters. The molecule has 6 heteroatoms. The summed E-state index contributed by atoms with van der Waals surface area (Å²) >= 11 is 14.1. The van der Waals surface area contributed by atoms with Gasteiger partial charge < -0.3 is 5.11 Å². The Morgan fingerprint density at radius 3 is 2.62 bits per heavy atom. The van der Waals surface area contributed by atoms with Crippen LogP contribution in [0.5, 0.6) is 0 Å². The van der Waals surface area contributed by atoms with Crippen molar-refractivity contribution in [3.8, 4) is 0 Å². The van der Waals surface area contributed by atoms with Gasteiger partial charge >= 0.3 is 0 Å². The number of hydrazone groups is 1. The van der Waals surface area contributed by atoms with Crippen molar-refractivity contribution in [3.05, 3.63) is 63.6 Å². The molecule has 0 aliphatic carbocycles. The van der Waals surface area contributed by atoms with E-state index in [4.69, 9.17) is 28.3 Å². The zero-order chi connectivity index (χ0) is 16.7. The van der Waals surface area contributed by atoms with Crippen LogP contribution in [0.15, 0.2) is 52.5 Å². The molecular formula is C18H16Cl2N2OS. The summed E-state index contributed by atoms with van der Waals surface area (Å²) in [6.45, 7) is 0.580. The fraction of sp³-hybridized carbons (Fsp3) is 0.278. The normalized spacial score (nSPS) is 22.1. The number of β-amino-alcohol motifs (C(OH)–C–C–N with tert-alkyl or cyclic N) is 1. The lowest BCUT2D eigenvalue weighted by Gasteiger charge is -2.30. The first-order valence-corrected chi connectivity index (χ1v) is 9.55. The highest BCUT2D eigenvalue weighted by Gasteiger charge is 2.41. The molecule has 0 aromatic heterocycles. The second kappa shape index (κ2) is 6.60. The van der Waals surface area contributed by atoms with Crippen LogP contribution in [0.2, 0.25) is 10.0 Å². The van der Waals surface area contributed by atoms with Crippen LogP contribution in [0.25, 0.3) is 0 Å². The average Bonchev–Trinajstić information content (AvgIpc) is 2.94. The number of aliphatic hydroxyl groups excluding tert-OH is 1. The van der Waals surface area contributed by atoms with Crippen LogP contribution in [0.3, 0.4) is 0 Å². The molecule has 0 unspecified atom stereocenters. The molecule has 2 aromatic rings. The van der Waals surface area contributed by atoms with Crippen molar-refractivity contribution < 1.29 is 5.11 Å². The molecule has 124 valence electrons. The first-order valence-electron chi connectivity index (χ1n) is 7.81. The van der Waals surface area contributed by atoms with Gasteiger partial charge in [-0.3, -0.25) is 5.01 Å². The summed E-state index contributed by atoms with van der Waals surface area (Å²) in [4.78, 5) is 1.22. The molecule has 0 spiro atoms. The Morgan fingerprint density at radius 2 is 1.88 bits per heavy atom. The molecule has 2 aromatic carbocycles. The van der Waals surface area contributed by atoms with Crippen molar-refractivity contribution in [2.24, 2.45) is 11.0 Å². The van der Waals surface area contributed by atoms with Gasteiger partial charge in [-0.05, 0) is 35.9 Å². The SMILES string of the molecule is OCCN1N=C2c3cc(Cl)ccc3SC[C@H]2[C@@H]1c1ccc(Cl)cc1. The third kappa shape index (κ3) is 2.82. The minimum atomic E-state index is 0.0726. The molecule has 1 N–H and O–H groups in total. The van der Waals surface area contributed by atoms with Gasteiger partial charge in [-0.15, -0.1) is 11.8 Å². The lowest BCUT2D eigenvalue weighted by molar-refractivity contribution is 0.158. The zero-order valence-corrected chi connectivity index (χ0v) is 15.2. The number of halogens is 2. The van der Waals surface area contributed by atoms with Crippen molar-refractivity contribution in [1.29, 1.82) is 0 Å². The summed E-state index contributed by atoms with van der Waals surface area (Å²) in [5.74, 6) is 1.23. The van der Waals surface area contributed by atoms with Crippen LogP contribution in [-0.4, -0.2) is 34.7 Å². The van der Waals surface area contributed by atoms with Crippen molar-refractivity contribution in [1.82, 2.24) is 5.01 Å². The highest BCUT2D eigenvalue weighted by Crippen LogP contribution is 2.45. The molecule has 2 aliphatic rings. The molecule has 4 rings (SSSR count). The fourth-order valence-electron chi connectivity index (χ4n) is 3.42. The van der Waals surface area contributed by atoms with E-state index in [0.717, 1.165) is 27.1 Å². The summed E-state index contributed by atoms with van der Waals surface area (Å²) in [5, 5.41) is 17.7. The van der Waals surface area contributed by atoms with E-state index in [1.54, 1.807) is 0 Å². The van der Waals surface area contributed by atoms with Crippen molar-refractivity contribution in [3.63, 3.8) is 0 Å². The predicted octanol–water partition coefficient (Wildman–Crippen LogP) is 4.47. The first-order chi connectivity index (χ1) is 11.7. The third-order valence-corrected chi connectivity index (χ3v) is 6.15. The molecule has 0 amide bonds. The summed E-state index contributed by atoms with van der Waals surface area (Å²) in [6.07, 6.45) is 0. The van der Waals surface area contributed by atoms with E-state index in [-0.39, 0.29) is 18.6 Å². The van der Waals surface area contributed by atoms with E-state index in [1.165, 1.54) is 10.5 Å². The molecule has 0 bridgehead atoms. The molecule has 0 radical (unpaired) electrons. The van der Waals surface area contributed by atoms with Gasteiger partial charge in [0.2, 0.25) is 0 Å². The maximum atomic E-state index is 9.45. The van der Waals surface area contributed by atoms with Crippen LogP contribution in [0.1, 0.15) is 17.2 Å². The number of thioether (sulfide) groups is 1. The molecule has 0 fully saturated rings. The number of nitrogens with zero attached hydrogens (tertiary/aromatic N) is 2. The molecular weight excluding hydrogens is 363 g/mol. The fourth-order valence-corrected chi connectivity index (χ4v) is 4.90. The van der Waals surface area contributed by atoms with E-state index >= 15 is 0 Å². The lowest BCUT2D eigenvalue weighted by Crippen LogP contribution is -2.30. The first kappa shape index (κ1) is 16.3. The third-order valence-electron chi connectivity index (χ3n) is 4.47. The molecule has 0 saturated heterocycles. The predicted molar refractivity (Wildman–Crippen MR) is 100 cm³/mol. The van der Waals surface area contributed by atoms with E-state index in [0.29, 0.717) is 6.54 Å². The highest BCUT2D eigenvalue weighted by atomic mass is 35.5. The Balaban J connectivity index is 1.77. The van der Waals surface area contributed by atoms with Crippen LogP contribution in [0, 0.1) is 5.92 Å². The standard InChI is InChI=1S/C18H16Cl2N2OS/c19-12-3-1-11(2-4-12)18-15-10-24-16-6-5-13(20)9-14(16)17(15)21-22(18)7-8-23/h1-6,9,15,18,23H,7-8,10H2/t15-,18+/m1/s1. The maximum Gasteiger partial charge on any atom is 0.0813 e. The van der Waals surface area contributed by atoms with Gasteiger partial charge in [0.15, 0.2) is 0 Å². The van der Waals surface area contributed by atoms with Gasteiger partial charge in [-0.25, -0.2) is 0 Å². The quantitative estimate of drug-likeness (QED) is 0.855. The number of hydrogen-bond donors (Lipinski definition) is 1. The van der Waals surface area contributed by atoms with E-state index in [1.807, 2.05) is 53.2 Å². The Hall–Kier alpha value is -1.20. The number of aliphatic hydroxyl groups is 1. The smallest absolute Gasteiger partial charge is 0.0813 e. The van der Waals surface area contributed by atoms with E-state index in [9.17, 15) is 5.11 Å². The van der Waals surface area contributed by atoms with Gasteiger partial charge in [0.05, 0.1) is 24.9 Å². The van der Waals surface area contributed by atoms with Crippen LogP contribution in [-0.2, 0) is 0 Å². The lowest BCUT2D eigenvalue weighted by atomic mass is 9.88. The number of hydrogen-bond acceptors (Lipinski definition) is 4. The Labute approximate surface area is 155 Å². The van der Waals surface area contributed by atoms with Gasteiger partial charge in [0.25, 0.3) is 0 Å². The van der Waals surface area contributed by atoms with Crippen molar-refractivity contribution in [2.75, 3.05) is 18.9 Å². The van der Waals surface area contributed by atoms with Gasteiger partial charge in [0.1, 0.15) is 0 Å². The molecule has 2 heterocycles. The zero-order valence-electron chi connectivity index (χ0n) is 12.8. The van der Waals surface area contributed by atoms with Crippen LogP contribution in [0.4, 0.5) is 0 Å². The molecule has 0 saturated carbocycles. The van der Waals surface area contributed by atoms with Gasteiger partial charge in [0, 0.05) is 32.2 Å². The second-order valence-electron chi connectivity index (χ2n) is 5.93. The van der Waals surface area contributed by atoms with Crippen molar-refractivity contribution >= 4 is 40.7 Å². The minimum absolute atomic E-state index is 0.0726.